The summed E-state index contributed by atoms with van der Waals surface area (Å²) in [7, 11) is 1.33. The van der Waals surface area contributed by atoms with Crippen LogP contribution in [0.1, 0.15) is 32.3 Å². The van der Waals surface area contributed by atoms with Crippen LogP contribution in [0, 0.1) is 5.92 Å². The second kappa shape index (κ2) is 18.3. The van der Waals surface area contributed by atoms with Crippen LogP contribution >= 0.6 is 35.1 Å². The van der Waals surface area contributed by atoms with E-state index in [-0.39, 0.29) is 36.1 Å². The van der Waals surface area contributed by atoms with E-state index >= 15 is 0 Å². The van der Waals surface area contributed by atoms with Gasteiger partial charge in [-0.25, -0.2) is 4.79 Å². The fourth-order valence-corrected chi connectivity index (χ4v) is 7.36. The Hall–Kier alpha value is -3.24. The normalized spacial score (nSPS) is 13.3. The minimum atomic E-state index is -0.719. The summed E-state index contributed by atoms with van der Waals surface area (Å²) in [6.07, 6.45) is 3.29. The molecule has 0 bridgehead atoms. The number of nitrogens with one attached hydrogen (secondary N) is 2. The standard InChI is InChI=1S/C37H44ClN3O4S2/c1-5-25(2)32(40-35(43)24-47-33-18-10-14-27-13-9-17-30(38)36(27)33)22-41(21-28-15-8-12-26-11-6-7-16-29(26)28)23-34(42)39-31(19-20-46-4)37(44)45-3/h6-18,25,31-32H,5,19-24H2,1-4H3,(H,39,42)(H,40,43). The van der Waals surface area contributed by atoms with Crippen LogP contribution in [0.15, 0.2) is 83.8 Å². The van der Waals surface area contributed by atoms with Crippen molar-refractivity contribution in [3.63, 3.8) is 0 Å². The summed E-state index contributed by atoms with van der Waals surface area (Å²) in [5, 5.41) is 11.1. The summed E-state index contributed by atoms with van der Waals surface area (Å²) in [6, 6.07) is 25.2. The Kier molecular flexibility index (Phi) is 14.3. The van der Waals surface area contributed by atoms with E-state index in [1.807, 2.05) is 60.9 Å². The van der Waals surface area contributed by atoms with Crippen LogP contribution in [-0.4, -0.2) is 72.7 Å². The maximum atomic E-state index is 13.5. The van der Waals surface area contributed by atoms with E-state index in [0.29, 0.717) is 30.3 Å². The van der Waals surface area contributed by atoms with Crippen LogP contribution in [-0.2, 0) is 25.7 Å². The van der Waals surface area contributed by atoms with Gasteiger partial charge in [-0.05, 0) is 58.2 Å². The Balaban J connectivity index is 1.53. The zero-order valence-electron chi connectivity index (χ0n) is 27.5. The zero-order chi connectivity index (χ0) is 33.8. The quantitative estimate of drug-likeness (QED) is 0.0895. The molecular formula is C37H44ClN3O4S2. The predicted octanol–water partition coefficient (Wildman–Crippen LogP) is 7.18. The first-order valence-corrected chi connectivity index (χ1v) is 18.6. The van der Waals surface area contributed by atoms with Gasteiger partial charge in [0.2, 0.25) is 11.8 Å². The van der Waals surface area contributed by atoms with Gasteiger partial charge in [0.05, 0.1) is 19.4 Å². The third kappa shape index (κ3) is 10.4. The number of halogens is 1. The third-order valence-electron chi connectivity index (χ3n) is 8.38. The Morgan fingerprint density at radius 3 is 2.36 bits per heavy atom. The van der Waals surface area contributed by atoms with Gasteiger partial charge in [0.25, 0.3) is 0 Å². The van der Waals surface area contributed by atoms with Crippen LogP contribution in [0.2, 0.25) is 5.02 Å². The molecule has 7 nitrogen and oxygen atoms in total. The number of methoxy groups -OCH3 is 1. The minimum absolute atomic E-state index is 0.0576. The van der Waals surface area contributed by atoms with Gasteiger partial charge in [-0.15, -0.1) is 11.8 Å². The van der Waals surface area contributed by atoms with E-state index < -0.39 is 12.0 Å². The molecule has 4 rings (SSSR count). The van der Waals surface area contributed by atoms with E-state index in [0.717, 1.165) is 38.4 Å². The molecule has 3 atom stereocenters. The maximum Gasteiger partial charge on any atom is 0.328 e. The molecule has 0 saturated heterocycles. The van der Waals surface area contributed by atoms with Gasteiger partial charge < -0.3 is 15.4 Å². The molecule has 3 unspecified atom stereocenters. The molecule has 10 heteroatoms. The van der Waals surface area contributed by atoms with Crippen LogP contribution in [0.5, 0.6) is 0 Å². The summed E-state index contributed by atoms with van der Waals surface area (Å²) < 4.78 is 4.97. The van der Waals surface area contributed by atoms with E-state index in [4.69, 9.17) is 16.3 Å². The van der Waals surface area contributed by atoms with Gasteiger partial charge in [0, 0.05) is 34.4 Å². The number of nitrogens with zero attached hydrogens (tertiary/aromatic N) is 1. The van der Waals surface area contributed by atoms with Crippen molar-refractivity contribution in [1.29, 1.82) is 0 Å². The fraction of sp³-hybridized carbons (Fsp3) is 0.378. The number of esters is 1. The lowest BCUT2D eigenvalue weighted by molar-refractivity contribution is -0.145. The average molecular weight is 694 g/mol. The number of amides is 2. The highest BCUT2D eigenvalue weighted by atomic mass is 35.5. The topological polar surface area (TPSA) is 87.7 Å². The molecular weight excluding hydrogens is 650 g/mol. The van der Waals surface area contributed by atoms with Gasteiger partial charge in [0.1, 0.15) is 6.04 Å². The van der Waals surface area contributed by atoms with E-state index in [1.165, 1.54) is 18.9 Å². The number of hydrogen-bond donors (Lipinski definition) is 2. The molecule has 4 aromatic carbocycles. The predicted molar refractivity (Wildman–Crippen MR) is 197 cm³/mol. The van der Waals surface area contributed by atoms with Gasteiger partial charge >= 0.3 is 5.97 Å². The first-order valence-electron chi connectivity index (χ1n) is 15.9. The SMILES string of the molecule is CCC(C)C(CN(CC(=O)NC(CCSC)C(=O)OC)Cc1cccc2ccccc12)NC(=O)CSc1cccc2cccc(Cl)c12. The second-order valence-electron chi connectivity index (χ2n) is 11.7. The molecule has 47 heavy (non-hydrogen) atoms. The summed E-state index contributed by atoms with van der Waals surface area (Å²) >= 11 is 9.60. The van der Waals surface area contributed by atoms with Crippen molar-refractivity contribution in [2.24, 2.45) is 5.92 Å². The molecule has 0 fully saturated rings. The maximum absolute atomic E-state index is 13.5. The van der Waals surface area contributed by atoms with Crippen molar-refractivity contribution in [2.45, 2.75) is 50.2 Å². The Bertz CT molecular complexity index is 1660. The zero-order valence-corrected chi connectivity index (χ0v) is 29.9. The molecule has 0 aliphatic carbocycles. The molecule has 0 heterocycles. The molecule has 0 aliphatic rings. The van der Waals surface area contributed by atoms with E-state index in [9.17, 15) is 14.4 Å². The molecule has 2 N–H and O–H groups in total. The lowest BCUT2D eigenvalue weighted by atomic mass is 9.97. The number of thioether (sulfide) groups is 2. The van der Waals surface area contributed by atoms with Crippen molar-refractivity contribution in [3.05, 3.63) is 89.4 Å². The Morgan fingerprint density at radius 2 is 1.62 bits per heavy atom. The summed E-state index contributed by atoms with van der Waals surface area (Å²) in [5.74, 6) is 0.296. The minimum Gasteiger partial charge on any atom is -0.467 e. The highest BCUT2D eigenvalue weighted by molar-refractivity contribution is 8.00. The van der Waals surface area contributed by atoms with Gasteiger partial charge in [-0.3, -0.25) is 14.5 Å². The summed E-state index contributed by atoms with van der Waals surface area (Å²) in [5.41, 5.74) is 1.08. The van der Waals surface area contributed by atoms with Crippen molar-refractivity contribution in [2.75, 3.05) is 38.0 Å². The number of ether oxygens (including phenoxy) is 1. The number of hydrogen-bond acceptors (Lipinski definition) is 7. The van der Waals surface area contributed by atoms with Crippen LogP contribution in [0.25, 0.3) is 21.5 Å². The van der Waals surface area contributed by atoms with Crippen molar-refractivity contribution >= 4 is 74.5 Å². The lowest BCUT2D eigenvalue weighted by Gasteiger charge is -2.31. The van der Waals surface area contributed by atoms with Crippen molar-refractivity contribution in [1.82, 2.24) is 15.5 Å². The fourth-order valence-electron chi connectivity index (χ4n) is 5.63. The number of carbonyl (C=O) groups is 3. The Labute approximate surface area is 291 Å². The lowest BCUT2D eigenvalue weighted by Crippen LogP contribution is -2.51. The van der Waals surface area contributed by atoms with Gasteiger partial charge in [-0.2, -0.15) is 11.8 Å². The summed E-state index contributed by atoms with van der Waals surface area (Å²) in [6.45, 7) is 5.23. The molecule has 4 aromatic rings. The number of fused-ring (bicyclic) bond motifs is 2. The molecule has 0 radical (unpaired) electrons. The molecule has 0 aliphatic heterocycles. The molecule has 0 spiro atoms. The largest absolute Gasteiger partial charge is 0.467 e. The number of rotatable bonds is 17. The highest BCUT2D eigenvalue weighted by Crippen LogP contribution is 2.33. The molecule has 0 saturated carbocycles. The second-order valence-corrected chi connectivity index (χ2v) is 14.1. The number of carbonyl (C=O) groups excluding carboxylic acids is 3. The smallest absolute Gasteiger partial charge is 0.328 e. The van der Waals surface area contributed by atoms with E-state index in [1.54, 1.807) is 11.8 Å². The molecule has 250 valence electrons. The van der Waals surface area contributed by atoms with Gasteiger partial charge in [0.15, 0.2) is 0 Å². The Morgan fingerprint density at radius 1 is 0.915 bits per heavy atom. The van der Waals surface area contributed by atoms with Gasteiger partial charge in [-0.1, -0.05) is 98.6 Å². The van der Waals surface area contributed by atoms with Crippen molar-refractivity contribution in [3.8, 4) is 0 Å². The molecule has 2 amide bonds. The summed E-state index contributed by atoms with van der Waals surface area (Å²) in [4.78, 5) is 42.4. The first kappa shape index (κ1) is 36.6. The third-order valence-corrected chi connectivity index (χ3v) is 10.4. The molecule has 0 aromatic heterocycles. The van der Waals surface area contributed by atoms with Crippen LogP contribution in [0.4, 0.5) is 0 Å². The van der Waals surface area contributed by atoms with E-state index in [2.05, 4.69) is 53.6 Å². The van der Waals surface area contributed by atoms with Crippen LogP contribution in [0.3, 0.4) is 0 Å². The monoisotopic (exact) mass is 693 g/mol. The van der Waals surface area contributed by atoms with Crippen molar-refractivity contribution < 1.29 is 19.1 Å². The highest BCUT2D eigenvalue weighted by Gasteiger charge is 2.26. The first-order chi connectivity index (χ1) is 22.7. The van der Waals surface area contributed by atoms with Crippen LogP contribution < -0.4 is 10.6 Å². The number of benzene rings is 4. The average Bonchev–Trinajstić information content (AvgIpc) is 3.08.